The van der Waals surface area contributed by atoms with Crippen molar-refractivity contribution in [2.24, 2.45) is 17.1 Å². The highest BCUT2D eigenvalue weighted by Crippen LogP contribution is 2.29. The summed E-state index contributed by atoms with van der Waals surface area (Å²) in [5, 5.41) is 3.14. The van der Waals surface area contributed by atoms with Crippen LogP contribution in [0.1, 0.15) is 33.1 Å². The van der Waals surface area contributed by atoms with E-state index in [-0.39, 0.29) is 5.91 Å². The molecule has 1 atom stereocenters. The summed E-state index contributed by atoms with van der Waals surface area (Å²) in [4.78, 5) is 14.9. The number of carbonyl (C=O) groups excluding carboxylic acids is 1. The van der Waals surface area contributed by atoms with Gasteiger partial charge in [-0.05, 0) is 45.6 Å². The Kier molecular flexibility index (Phi) is 5.41. The summed E-state index contributed by atoms with van der Waals surface area (Å²) in [5.74, 6) is 0.710. The number of ether oxygens (including phenoxy) is 1. The Hall–Kier alpha value is -0.650. The van der Waals surface area contributed by atoms with Crippen LogP contribution in [0.3, 0.4) is 0 Å². The Morgan fingerprint density at radius 2 is 2.15 bits per heavy atom. The molecular formula is C15H29N3O2. The average molecular weight is 283 g/mol. The third kappa shape index (κ3) is 3.51. The third-order valence-electron chi connectivity index (χ3n) is 4.92. The second kappa shape index (κ2) is 6.87. The number of likely N-dealkylation sites (tertiary alicyclic amines) is 1. The van der Waals surface area contributed by atoms with E-state index in [4.69, 9.17) is 10.5 Å². The molecule has 0 radical (unpaired) electrons. The molecule has 2 fully saturated rings. The number of rotatable bonds is 5. The van der Waals surface area contributed by atoms with E-state index in [0.29, 0.717) is 31.7 Å². The fourth-order valence-corrected chi connectivity index (χ4v) is 3.21. The van der Waals surface area contributed by atoms with E-state index in [1.54, 1.807) is 0 Å². The summed E-state index contributed by atoms with van der Waals surface area (Å²) < 4.78 is 5.35. The lowest BCUT2D eigenvalue weighted by Gasteiger charge is -2.34. The van der Waals surface area contributed by atoms with E-state index in [9.17, 15) is 4.79 Å². The largest absolute Gasteiger partial charge is 0.381 e. The fraction of sp³-hybridized carbons (Fsp3) is 0.933. The summed E-state index contributed by atoms with van der Waals surface area (Å²) in [6.07, 6.45) is 2.67. The first kappa shape index (κ1) is 15.7. The van der Waals surface area contributed by atoms with Crippen LogP contribution in [0.25, 0.3) is 0 Å². The molecule has 116 valence electrons. The van der Waals surface area contributed by atoms with E-state index < -0.39 is 5.41 Å². The number of hydrogen-bond donors (Lipinski definition) is 2. The number of nitrogens with zero attached hydrogens (tertiary/aromatic N) is 1. The van der Waals surface area contributed by atoms with Crippen molar-refractivity contribution < 1.29 is 9.53 Å². The van der Waals surface area contributed by atoms with Crippen molar-refractivity contribution in [3.05, 3.63) is 0 Å². The minimum absolute atomic E-state index is 0.131. The van der Waals surface area contributed by atoms with Crippen molar-refractivity contribution >= 4 is 5.91 Å². The van der Waals surface area contributed by atoms with E-state index in [1.807, 2.05) is 0 Å². The van der Waals surface area contributed by atoms with Crippen molar-refractivity contribution in [1.29, 1.82) is 0 Å². The molecule has 0 aromatic rings. The molecule has 2 rings (SSSR count). The normalized spacial score (nSPS) is 26.9. The maximum atomic E-state index is 12.5. The number of hydrogen-bond acceptors (Lipinski definition) is 4. The predicted octanol–water partition coefficient (Wildman–Crippen LogP) is 0.588. The van der Waals surface area contributed by atoms with Gasteiger partial charge in [0, 0.05) is 38.9 Å². The standard InChI is InChI=1S/C15H29N3O2/c1-12(2)18-6-3-13(10-18)9-17-14(19)15(11-16)4-7-20-8-5-15/h12-13H,3-11,16H2,1-2H3,(H,17,19). The molecule has 0 aromatic heterocycles. The van der Waals surface area contributed by atoms with Crippen LogP contribution in [0.5, 0.6) is 0 Å². The van der Waals surface area contributed by atoms with Gasteiger partial charge in [-0.25, -0.2) is 0 Å². The molecular weight excluding hydrogens is 254 g/mol. The van der Waals surface area contributed by atoms with Gasteiger partial charge in [-0.3, -0.25) is 4.79 Å². The van der Waals surface area contributed by atoms with Crippen molar-refractivity contribution in [3.63, 3.8) is 0 Å². The van der Waals surface area contributed by atoms with Crippen molar-refractivity contribution in [3.8, 4) is 0 Å². The molecule has 0 aromatic carbocycles. The zero-order chi connectivity index (χ0) is 14.6. The lowest BCUT2D eigenvalue weighted by Crippen LogP contribution is -2.50. The second-order valence-electron chi connectivity index (χ2n) is 6.55. The van der Waals surface area contributed by atoms with Crippen molar-refractivity contribution in [2.45, 2.75) is 39.2 Å². The first-order chi connectivity index (χ1) is 9.57. The van der Waals surface area contributed by atoms with Crippen LogP contribution < -0.4 is 11.1 Å². The first-order valence-electron chi connectivity index (χ1n) is 7.87. The Morgan fingerprint density at radius 1 is 1.45 bits per heavy atom. The molecule has 5 heteroatoms. The second-order valence-corrected chi connectivity index (χ2v) is 6.55. The van der Waals surface area contributed by atoms with Gasteiger partial charge >= 0.3 is 0 Å². The van der Waals surface area contributed by atoms with Crippen LogP contribution in [-0.4, -0.2) is 56.2 Å². The number of nitrogens with one attached hydrogen (secondary N) is 1. The highest BCUT2D eigenvalue weighted by atomic mass is 16.5. The van der Waals surface area contributed by atoms with Gasteiger partial charge in [0.1, 0.15) is 0 Å². The monoisotopic (exact) mass is 283 g/mol. The number of carbonyl (C=O) groups is 1. The lowest BCUT2D eigenvalue weighted by atomic mass is 9.79. The summed E-state index contributed by atoms with van der Waals surface area (Å²) in [6, 6.07) is 0.599. The molecule has 1 amide bonds. The van der Waals surface area contributed by atoms with Gasteiger partial charge in [-0.15, -0.1) is 0 Å². The molecule has 0 saturated carbocycles. The molecule has 2 aliphatic heterocycles. The maximum absolute atomic E-state index is 12.5. The lowest BCUT2D eigenvalue weighted by molar-refractivity contribution is -0.136. The van der Waals surface area contributed by atoms with E-state index in [2.05, 4.69) is 24.1 Å². The van der Waals surface area contributed by atoms with Gasteiger partial charge in [0.05, 0.1) is 5.41 Å². The highest BCUT2D eigenvalue weighted by molar-refractivity contribution is 5.83. The fourth-order valence-electron chi connectivity index (χ4n) is 3.21. The van der Waals surface area contributed by atoms with Gasteiger partial charge in [0.25, 0.3) is 0 Å². The minimum atomic E-state index is -0.394. The van der Waals surface area contributed by atoms with Gasteiger partial charge in [0.2, 0.25) is 5.91 Å². The molecule has 1 unspecified atom stereocenters. The predicted molar refractivity (Wildman–Crippen MR) is 79.4 cm³/mol. The quantitative estimate of drug-likeness (QED) is 0.775. The van der Waals surface area contributed by atoms with Crippen molar-refractivity contribution in [1.82, 2.24) is 10.2 Å². The molecule has 0 spiro atoms. The van der Waals surface area contributed by atoms with Gasteiger partial charge in [0.15, 0.2) is 0 Å². The SMILES string of the molecule is CC(C)N1CCC(CNC(=O)C2(CN)CCOCC2)C1. The van der Waals surface area contributed by atoms with Crippen LogP contribution >= 0.6 is 0 Å². The van der Waals surface area contributed by atoms with Gasteiger partial charge < -0.3 is 20.7 Å². The van der Waals surface area contributed by atoms with Crippen molar-refractivity contribution in [2.75, 3.05) is 39.4 Å². The Balaban J connectivity index is 1.80. The molecule has 0 aliphatic carbocycles. The molecule has 0 bridgehead atoms. The Bertz CT molecular complexity index is 327. The molecule has 2 aliphatic rings. The summed E-state index contributed by atoms with van der Waals surface area (Å²) in [5.41, 5.74) is 5.47. The highest BCUT2D eigenvalue weighted by Gasteiger charge is 2.39. The zero-order valence-electron chi connectivity index (χ0n) is 12.9. The van der Waals surface area contributed by atoms with Crippen LogP contribution in [0, 0.1) is 11.3 Å². The molecule has 3 N–H and O–H groups in total. The number of amides is 1. The molecule has 20 heavy (non-hydrogen) atoms. The van der Waals surface area contributed by atoms with Gasteiger partial charge in [-0.2, -0.15) is 0 Å². The molecule has 5 nitrogen and oxygen atoms in total. The van der Waals surface area contributed by atoms with Crippen LogP contribution in [-0.2, 0) is 9.53 Å². The number of nitrogens with two attached hydrogens (primary N) is 1. The Morgan fingerprint density at radius 3 is 2.70 bits per heavy atom. The minimum Gasteiger partial charge on any atom is -0.381 e. The zero-order valence-corrected chi connectivity index (χ0v) is 12.9. The summed E-state index contributed by atoms with van der Waals surface area (Å²) in [7, 11) is 0. The van der Waals surface area contributed by atoms with Crippen LogP contribution in [0.2, 0.25) is 0 Å². The summed E-state index contributed by atoms with van der Waals surface area (Å²) >= 11 is 0. The topological polar surface area (TPSA) is 67.6 Å². The molecule has 2 heterocycles. The van der Waals surface area contributed by atoms with Crippen LogP contribution in [0.4, 0.5) is 0 Å². The van der Waals surface area contributed by atoms with E-state index in [0.717, 1.165) is 32.5 Å². The van der Waals surface area contributed by atoms with E-state index in [1.165, 1.54) is 6.42 Å². The van der Waals surface area contributed by atoms with Crippen LogP contribution in [0.15, 0.2) is 0 Å². The molecule has 2 saturated heterocycles. The van der Waals surface area contributed by atoms with Gasteiger partial charge in [-0.1, -0.05) is 0 Å². The summed E-state index contributed by atoms with van der Waals surface area (Å²) in [6.45, 7) is 9.20. The third-order valence-corrected chi connectivity index (χ3v) is 4.92. The Labute approximate surface area is 122 Å². The first-order valence-corrected chi connectivity index (χ1v) is 7.87. The maximum Gasteiger partial charge on any atom is 0.227 e. The smallest absolute Gasteiger partial charge is 0.227 e. The van der Waals surface area contributed by atoms with E-state index >= 15 is 0 Å². The average Bonchev–Trinajstić information content (AvgIpc) is 2.94.